The van der Waals surface area contributed by atoms with Crippen molar-refractivity contribution in [3.8, 4) is 5.75 Å². The Labute approximate surface area is 167 Å². The quantitative estimate of drug-likeness (QED) is 0.669. The summed E-state index contributed by atoms with van der Waals surface area (Å²) in [7, 11) is 0. The summed E-state index contributed by atoms with van der Waals surface area (Å²) < 4.78 is 11.1. The number of amides is 1. The lowest BCUT2D eigenvalue weighted by Crippen LogP contribution is -2.36. The number of nitrogens with one attached hydrogen (secondary N) is 1. The van der Waals surface area contributed by atoms with Crippen molar-refractivity contribution in [3.05, 3.63) is 47.7 Å². The summed E-state index contributed by atoms with van der Waals surface area (Å²) in [5, 5.41) is 2.95. The van der Waals surface area contributed by atoms with Gasteiger partial charge in [-0.1, -0.05) is 26.0 Å². The topological polar surface area (TPSA) is 67.6 Å². The molecule has 1 fully saturated rings. The molecule has 1 heterocycles. The van der Waals surface area contributed by atoms with E-state index in [2.05, 4.69) is 48.1 Å². The largest absolute Gasteiger partial charge is 0.494 e. The third kappa shape index (κ3) is 5.58. The minimum atomic E-state index is -0.146. The first-order valence-corrected chi connectivity index (χ1v) is 10.2. The number of carbonyl (C=O) groups excluding carboxylic acids is 1. The van der Waals surface area contributed by atoms with Crippen molar-refractivity contribution in [1.29, 1.82) is 0 Å². The fourth-order valence-electron chi connectivity index (χ4n) is 3.01. The van der Waals surface area contributed by atoms with Crippen LogP contribution in [0.2, 0.25) is 0 Å². The van der Waals surface area contributed by atoms with Gasteiger partial charge >= 0.3 is 0 Å². The molecule has 6 nitrogen and oxygen atoms in total. The molecule has 0 aliphatic heterocycles. The normalized spacial score (nSPS) is 15.1. The molecule has 2 aromatic rings. The molecule has 152 valence electrons. The van der Waals surface area contributed by atoms with Gasteiger partial charge in [-0.05, 0) is 50.3 Å². The third-order valence-corrected chi connectivity index (χ3v) is 5.20. The average molecular weight is 386 g/mol. The SMILES string of the molecule is CCOc1ccc(CN(Cc2nc(C(=O)NC3CC3)co2)C(C)C(C)C)cc1. The Kier molecular flexibility index (Phi) is 6.73. The summed E-state index contributed by atoms with van der Waals surface area (Å²) in [6.45, 7) is 10.6. The molecule has 1 amide bonds. The number of ether oxygens (including phenoxy) is 1. The fraction of sp³-hybridized carbons (Fsp3) is 0.545. The molecule has 1 saturated carbocycles. The Morgan fingerprint density at radius 1 is 1.25 bits per heavy atom. The van der Waals surface area contributed by atoms with E-state index < -0.39 is 0 Å². The number of benzene rings is 1. The molecule has 28 heavy (non-hydrogen) atoms. The van der Waals surface area contributed by atoms with E-state index >= 15 is 0 Å². The van der Waals surface area contributed by atoms with Crippen LogP contribution in [0, 0.1) is 5.92 Å². The van der Waals surface area contributed by atoms with Crippen molar-refractivity contribution in [2.45, 2.75) is 65.7 Å². The van der Waals surface area contributed by atoms with Crippen molar-refractivity contribution in [2.75, 3.05) is 6.61 Å². The maximum Gasteiger partial charge on any atom is 0.273 e. The van der Waals surface area contributed by atoms with E-state index in [1.807, 2.05) is 19.1 Å². The summed E-state index contributed by atoms with van der Waals surface area (Å²) in [6, 6.07) is 8.84. The molecule has 1 N–H and O–H groups in total. The molecular formula is C22H31N3O3. The van der Waals surface area contributed by atoms with E-state index in [-0.39, 0.29) is 5.91 Å². The summed E-state index contributed by atoms with van der Waals surface area (Å²) >= 11 is 0. The van der Waals surface area contributed by atoms with Gasteiger partial charge in [0.25, 0.3) is 5.91 Å². The van der Waals surface area contributed by atoms with Crippen molar-refractivity contribution >= 4 is 5.91 Å². The summed E-state index contributed by atoms with van der Waals surface area (Å²) in [6.07, 6.45) is 3.57. The molecular weight excluding hydrogens is 354 g/mol. The highest BCUT2D eigenvalue weighted by Crippen LogP contribution is 2.21. The Balaban J connectivity index is 1.67. The Morgan fingerprint density at radius 3 is 2.57 bits per heavy atom. The van der Waals surface area contributed by atoms with E-state index in [4.69, 9.17) is 9.15 Å². The first-order valence-electron chi connectivity index (χ1n) is 10.2. The van der Waals surface area contributed by atoms with E-state index in [1.165, 1.54) is 11.8 Å². The number of hydrogen-bond donors (Lipinski definition) is 1. The molecule has 0 radical (unpaired) electrons. The molecule has 1 aliphatic carbocycles. The number of carbonyl (C=O) groups is 1. The molecule has 0 bridgehead atoms. The summed E-state index contributed by atoms with van der Waals surface area (Å²) in [4.78, 5) is 18.9. The van der Waals surface area contributed by atoms with E-state index in [9.17, 15) is 4.79 Å². The van der Waals surface area contributed by atoms with Crippen molar-refractivity contribution < 1.29 is 13.9 Å². The Hall–Kier alpha value is -2.34. The fourth-order valence-corrected chi connectivity index (χ4v) is 3.01. The van der Waals surface area contributed by atoms with Gasteiger partial charge in [-0.3, -0.25) is 9.69 Å². The van der Waals surface area contributed by atoms with Gasteiger partial charge < -0.3 is 14.5 Å². The predicted molar refractivity (Wildman–Crippen MR) is 108 cm³/mol. The lowest BCUT2D eigenvalue weighted by atomic mass is 10.0. The van der Waals surface area contributed by atoms with Gasteiger partial charge in [0.05, 0.1) is 13.2 Å². The minimum absolute atomic E-state index is 0.146. The van der Waals surface area contributed by atoms with Crippen molar-refractivity contribution in [2.24, 2.45) is 5.92 Å². The highest BCUT2D eigenvalue weighted by molar-refractivity contribution is 5.92. The first-order chi connectivity index (χ1) is 13.5. The van der Waals surface area contributed by atoms with Gasteiger partial charge in [-0.2, -0.15) is 0 Å². The highest BCUT2D eigenvalue weighted by Gasteiger charge is 2.26. The number of hydrogen-bond acceptors (Lipinski definition) is 5. The van der Waals surface area contributed by atoms with Crippen LogP contribution in [0.3, 0.4) is 0 Å². The van der Waals surface area contributed by atoms with Gasteiger partial charge in [-0.15, -0.1) is 0 Å². The summed E-state index contributed by atoms with van der Waals surface area (Å²) in [5.41, 5.74) is 1.56. The van der Waals surface area contributed by atoms with Crippen LogP contribution in [-0.2, 0) is 13.1 Å². The van der Waals surface area contributed by atoms with E-state index in [0.29, 0.717) is 42.7 Å². The standard InChI is InChI=1S/C22H31N3O3/c1-5-27-19-10-6-17(7-11-19)12-25(16(4)15(2)3)13-21-24-20(14-28-21)22(26)23-18-8-9-18/h6-7,10-11,14-16,18H,5,8-9,12-13H2,1-4H3,(H,23,26). The zero-order valence-corrected chi connectivity index (χ0v) is 17.3. The smallest absolute Gasteiger partial charge is 0.273 e. The van der Waals surface area contributed by atoms with Gasteiger partial charge in [0.15, 0.2) is 5.69 Å². The molecule has 1 unspecified atom stereocenters. The molecule has 1 aromatic carbocycles. The summed E-state index contributed by atoms with van der Waals surface area (Å²) in [5.74, 6) is 1.79. The molecule has 0 spiro atoms. The van der Waals surface area contributed by atoms with Crippen molar-refractivity contribution in [3.63, 3.8) is 0 Å². The van der Waals surface area contributed by atoms with Crippen LogP contribution in [0.25, 0.3) is 0 Å². The third-order valence-electron chi connectivity index (χ3n) is 5.20. The average Bonchev–Trinajstić information content (AvgIpc) is 3.36. The van der Waals surface area contributed by atoms with E-state index in [0.717, 1.165) is 25.1 Å². The zero-order chi connectivity index (χ0) is 20.1. The van der Waals surface area contributed by atoms with Crippen LogP contribution in [0.5, 0.6) is 5.75 Å². The van der Waals surface area contributed by atoms with Gasteiger partial charge in [0.1, 0.15) is 12.0 Å². The van der Waals surface area contributed by atoms with Crippen LogP contribution in [-0.4, -0.2) is 34.5 Å². The number of aromatic nitrogens is 1. The highest BCUT2D eigenvalue weighted by atomic mass is 16.5. The van der Waals surface area contributed by atoms with Crippen LogP contribution in [0.15, 0.2) is 34.9 Å². The van der Waals surface area contributed by atoms with Crippen LogP contribution < -0.4 is 10.1 Å². The molecule has 0 saturated heterocycles. The van der Waals surface area contributed by atoms with Gasteiger partial charge in [-0.25, -0.2) is 4.98 Å². The van der Waals surface area contributed by atoms with Gasteiger partial charge in [0.2, 0.25) is 5.89 Å². The number of oxazole rings is 1. The first kappa shape index (κ1) is 20.4. The molecule has 1 aliphatic rings. The second kappa shape index (κ2) is 9.24. The van der Waals surface area contributed by atoms with Crippen LogP contribution >= 0.6 is 0 Å². The lowest BCUT2D eigenvalue weighted by Gasteiger charge is -2.30. The minimum Gasteiger partial charge on any atom is -0.494 e. The monoisotopic (exact) mass is 385 g/mol. The maximum absolute atomic E-state index is 12.2. The Bertz CT molecular complexity index is 766. The number of rotatable bonds is 10. The van der Waals surface area contributed by atoms with Crippen LogP contribution in [0.4, 0.5) is 0 Å². The lowest BCUT2D eigenvalue weighted by molar-refractivity contribution is 0.0945. The van der Waals surface area contributed by atoms with E-state index in [1.54, 1.807) is 0 Å². The molecule has 6 heteroatoms. The second-order valence-electron chi connectivity index (χ2n) is 7.84. The van der Waals surface area contributed by atoms with Crippen LogP contribution in [0.1, 0.15) is 62.5 Å². The predicted octanol–water partition coefficient (Wildman–Crippen LogP) is 4.01. The van der Waals surface area contributed by atoms with Gasteiger partial charge in [0, 0.05) is 18.6 Å². The number of nitrogens with zero attached hydrogens (tertiary/aromatic N) is 2. The zero-order valence-electron chi connectivity index (χ0n) is 17.3. The molecule has 1 aromatic heterocycles. The molecule has 1 atom stereocenters. The molecule has 3 rings (SSSR count). The Morgan fingerprint density at radius 2 is 1.96 bits per heavy atom. The van der Waals surface area contributed by atoms with Crippen molar-refractivity contribution in [1.82, 2.24) is 15.2 Å². The maximum atomic E-state index is 12.2. The second-order valence-corrected chi connectivity index (χ2v) is 7.84.